The van der Waals surface area contributed by atoms with Crippen molar-refractivity contribution >= 4 is 24.2 Å². The average molecular weight is 313 g/mol. The van der Waals surface area contributed by atoms with E-state index in [1.165, 1.54) is 5.56 Å². The van der Waals surface area contributed by atoms with Gasteiger partial charge in [-0.2, -0.15) is 0 Å². The lowest BCUT2D eigenvalue weighted by Gasteiger charge is -2.14. The zero-order valence-electron chi connectivity index (χ0n) is 12.3. The van der Waals surface area contributed by atoms with Crippen molar-refractivity contribution in [2.45, 2.75) is 31.1 Å². The molecule has 0 bridgehead atoms. The second kappa shape index (κ2) is 6.88. The molecule has 0 saturated carbocycles. The highest BCUT2D eigenvalue weighted by Crippen LogP contribution is 2.28. The Morgan fingerprint density at radius 2 is 2.00 bits per heavy atom. The summed E-state index contributed by atoms with van der Waals surface area (Å²) in [7, 11) is 0. The van der Waals surface area contributed by atoms with Crippen LogP contribution in [0.1, 0.15) is 24.0 Å². The average Bonchev–Trinajstić information content (AvgIpc) is 2.87. The minimum absolute atomic E-state index is 0.0393. The Bertz CT molecular complexity index is 657. The lowest BCUT2D eigenvalue weighted by molar-refractivity contribution is -0.115. The van der Waals surface area contributed by atoms with E-state index in [2.05, 4.69) is 42.2 Å². The molecule has 3 rings (SSSR count). The summed E-state index contributed by atoms with van der Waals surface area (Å²) in [6, 6.07) is 16.1. The molecule has 2 aromatic rings. The van der Waals surface area contributed by atoms with Crippen molar-refractivity contribution in [3.8, 4) is 5.75 Å². The van der Waals surface area contributed by atoms with Crippen molar-refractivity contribution in [3.63, 3.8) is 0 Å². The Hall–Kier alpha value is -1.94. The lowest BCUT2D eigenvalue weighted by atomic mass is 10.1. The van der Waals surface area contributed by atoms with Gasteiger partial charge in [-0.05, 0) is 48.6 Å². The summed E-state index contributed by atoms with van der Waals surface area (Å²) in [6.07, 6.45) is 3.37. The Morgan fingerprint density at radius 1 is 1.18 bits per heavy atom. The maximum Gasteiger partial charge on any atom is 0.228 e. The van der Waals surface area contributed by atoms with E-state index >= 15 is 0 Å². The van der Waals surface area contributed by atoms with Crippen LogP contribution in [-0.2, 0) is 17.6 Å². The van der Waals surface area contributed by atoms with Gasteiger partial charge in [-0.3, -0.25) is 4.79 Å². The van der Waals surface area contributed by atoms with Crippen molar-refractivity contribution < 1.29 is 9.53 Å². The fraction of sp³-hybridized carbons (Fsp3) is 0.278. The van der Waals surface area contributed by atoms with E-state index in [4.69, 9.17) is 4.74 Å². The predicted molar refractivity (Wildman–Crippen MR) is 91.6 cm³/mol. The van der Waals surface area contributed by atoms with Gasteiger partial charge in [0.05, 0.1) is 6.42 Å². The van der Waals surface area contributed by atoms with Gasteiger partial charge in [-0.15, -0.1) is 12.6 Å². The first-order valence-corrected chi connectivity index (χ1v) is 8.04. The van der Waals surface area contributed by atoms with Crippen LogP contribution < -0.4 is 10.1 Å². The molecule has 0 spiro atoms. The molecule has 1 amide bonds. The van der Waals surface area contributed by atoms with Crippen LogP contribution >= 0.6 is 12.6 Å². The second-order valence-corrected chi connectivity index (χ2v) is 6.07. The van der Waals surface area contributed by atoms with Gasteiger partial charge < -0.3 is 10.1 Å². The highest BCUT2D eigenvalue weighted by atomic mass is 32.1. The van der Waals surface area contributed by atoms with Gasteiger partial charge in [0.1, 0.15) is 11.2 Å². The van der Waals surface area contributed by atoms with Crippen LogP contribution in [0.4, 0.5) is 5.69 Å². The van der Waals surface area contributed by atoms with Gasteiger partial charge in [0, 0.05) is 5.69 Å². The molecule has 1 N–H and O–H groups in total. The number of thiol groups is 1. The molecule has 1 unspecified atom stereocenters. The highest BCUT2D eigenvalue weighted by molar-refractivity contribution is 7.80. The normalized spacial score (nSPS) is 14.3. The van der Waals surface area contributed by atoms with Crippen LogP contribution in [0.15, 0.2) is 48.5 Å². The van der Waals surface area contributed by atoms with E-state index < -0.39 is 0 Å². The van der Waals surface area contributed by atoms with E-state index in [9.17, 15) is 4.79 Å². The number of ether oxygens (including phenoxy) is 1. The van der Waals surface area contributed by atoms with Crippen LogP contribution in [-0.4, -0.2) is 11.3 Å². The van der Waals surface area contributed by atoms with Crippen LogP contribution in [0.25, 0.3) is 0 Å². The Morgan fingerprint density at radius 3 is 2.82 bits per heavy atom. The van der Waals surface area contributed by atoms with Crippen LogP contribution in [0.5, 0.6) is 5.75 Å². The Balaban J connectivity index is 1.49. The number of rotatable bonds is 6. The molecular weight excluding hydrogens is 294 g/mol. The van der Waals surface area contributed by atoms with Crippen LogP contribution in [0.3, 0.4) is 0 Å². The number of nitrogens with one attached hydrogen (secondary N) is 1. The zero-order chi connectivity index (χ0) is 15.4. The number of carbonyl (C=O) groups excluding carboxylic acids is 1. The number of fused-ring (bicyclic) bond motifs is 1. The number of aryl methyl sites for hydroxylation is 1. The molecule has 22 heavy (non-hydrogen) atoms. The third-order valence-corrected chi connectivity index (χ3v) is 4.10. The molecule has 1 atom stereocenters. The van der Waals surface area contributed by atoms with Gasteiger partial charge in [-0.25, -0.2) is 0 Å². The smallest absolute Gasteiger partial charge is 0.228 e. The minimum atomic E-state index is -0.133. The van der Waals surface area contributed by atoms with E-state index in [0.29, 0.717) is 6.42 Å². The molecule has 0 fully saturated rings. The quantitative estimate of drug-likeness (QED) is 0.628. The SMILES string of the molecule is O=C1Cc2cc(OC(S)CCCc3ccccc3)ccc2N1. The number of carbonyl (C=O) groups is 1. The molecule has 0 saturated heterocycles. The summed E-state index contributed by atoms with van der Waals surface area (Å²) < 4.78 is 5.84. The first-order valence-electron chi connectivity index (χ1n) is 7.52. The first kappa shape index (κ1) is 15.0. The van der Waals surface area contributed by atoms with Crippen molar-refractivity contribution in [2.24, 2.45) is 0 Å². The zero-order valence-corrected chi connectivity index (χ0v) is 13.2. The molecule has 114 valence electrons. The molecule has 4 heteroatoms. The Labute approximate surface area is 136 Å². The second-order valence-electron chi connectivity index (χ2n) is 5.49. The topological polar surface area (TPSA) is 38.3 Å². The summed E-state index contributed by atoms with van der Waals surface area (Å²) in [5.74, 6) is 0.812. The maximum atomic E-state index is 11.3. The van der Waals surface area contributed by atoms with E-state index in [0.717, 1.165) is 36.3 Å². The van der Waals surface area contributed by atoms with Gasteiger partial charge in [0.25, 0.3) is 0 Å². The summed E-state index contributed by atoms with van der Waals surface area (Å²) in [4.78, 5) is 11.3. The third kappa shape index (κ3) is 3.83. The molecule has 0 aliphatic carbocycles. The van der Waals surface area contributed by atoms with E-state index in [1.54, 1.807) is 0 Å². The highest BCUT2D eigenvalue weighted by Gasteiger charge is 2.18. The molecule has 1 aliphatic rings. The standard InChI is InChI=1S/C18H19NO2S/c20-17-12-14-11-15(9-10-16(14)19-17)21-18(22)8-4-7-13-5-2-1-3-6-13/h1-3,5-6,9-11,18,22H,4,7-8,12H2,(H,19,20). The maximum absolute atomic E-state index is 11.3. The number of hydrogen-bond donors (Lipinski definition) is 2. The summed E-state index contributed by atoms with van der Waals surface area (Å²) in [5.41, 5.74) is 3.08. The molecule has 2 aromatic carbocycles. The predicted octanol–water partition coefficient (Wildman–Crippen LogP) is 3.84. The number of benzene rings is 2. The van der Waals surface area contributed by atoms with Crippen molar-refractivity contribution in [1.82, 2.24) is 0 Å². The lowest BCUT2D eigenvalue weighted by Crippen LogP contribution is -2.09. The first-order chi connectivity index (χ1) is 10.7. The Kier molecular flexibility index (Phi) is 4.68. The van der Waals surface area contributed by atoms with Gasteiger partial charge >= 0.3 is 0 Å². The fourth-order valence-electron chi connectivity index (χ4n) is 2.62. The van der Waals surface area contributed by atoms with Crippen molar-refractivity contribution in [3.05, 3.63) is 59.7 Å². The molecule has 0 radical (unpaired) electrons. The molecule has 0 aromatic heterocycles. The largest absolute Gasteiger partial charge is 0.480 e. The van der Waals surface area contributed by atoms with Gasteiger partial charge in [0.15, 0.2) is 0 Å². The monoisotopic (exact) mass is 313 g/mol. The molecule has 1 heterocycles. The van der Waals surface area contributed by atoms with Crippen molar-refractivity contribution in [2.75, 3.05) is 5.32 Å². The van der Waals surface area contributed by atoms with Gasteiger partial charge in [-0.1, -0.05) is 30.3 Å². The number of anilines is 1. The fourth-order valence-corrected chi connectivity index (χ4v) is 2.92. The van der Waals surface area contributed by atoms with Crippen molar-refractivity contribution in [1.29, 1.82) is 0 Å². The summed E-state index contributed by atoms with van der Waals surface area (Å²) in [6.45, 7) is 0. The summed E-state index contributed by atoms with van der Waals surface area (Å²) >= 11 is 4.51. The van der Waals surface area contributed by atoms with E-state index in [1.807, 2.05) is 24.3 Å². The minimum Gasteiger partial charge on any atom is -0.480 e. The molecule has 3 nitrogen and oxygen atoms in total. The van der Waals surface area contributed by atoms with Crippen LogP contribution in [0.2, 0.25) is 0 Å². The summed E-state index contributed by atoms with van der Waals surface area (Å²) in [5, 5.41) is 2.82. The number of amides is 1. The van der Waals surface area contributed by atoms with Gasteiger partial charge in [0.2, 0.25) is 5.91 Å². The number of hydrogen-bond acceptors (Lipinski definition) is 3. The van der Waals surface area contributed by atoms with E-state index in [-0.39, 0.29) is 11.3 Å². The molecule has 1 aliphatic heterocycles. The third-order valence-electron chi connectivity index (χ3n) is 3.73. The van der Waals surface area contributed by atoms with Crippen LogP contribution in [0, 0.1) is 0 Å². The molecular formula is C18H19NO2S.